The number of rotatable bonds is 6. The Morgan fingerprint density at radius 3 is 1.96 bits per heavy atom. The second-order valence-electron chi connectivity index (χ2n) is 5.15. The van der Waals surface area contributed by atoms with E-state index in [1.807, 2.05) is 66.0 Å². The van der Waals surface area contributed by atoms with Crippen molar-refractivity contribution in [3.8, 4) is 0 Å². The molecule has 0 heterocycles. The first-order valence-corrected chi connectivity index (χ1v) is 7.71. The monoisotopic (exact) mass is 312 g/mol. The summed E-state index contributed by atoms with van der Waals surface area (Å²) in [5.74, 6) is -0.312. The minimum absolute atomic E-state index is 0.0115. The molecule has 2 aromatic carbocycles. The Labute approximate surface area is 136 Å². The van der Waals surface area contributed by atoms with Gasteiger partial charge in [0.25, 0.3) is 5.91 Å². The van der Waals surface area contributed by atoms with Crippen LogP contribution in [0.25, 0.3) is 0 Å². The summed E-state index contributed by atoms with van der Waals surface area (Å²) in [4.78, 5) is 23.3. The van der Waals surface area contributed by atoms with Gasteiger partial charge in [0.1, 0.15) is 6.04 Å². The van der Waals surface area contributed by atoms with Gasteiger partial charge >= 0.3 is 6.03 Å². The molecule has 0 atom stereocenters. The minimum Gasteiger partial charge on any atom is -0.338 e. The van der Waals surface area contributed by atoms with Crippen molar-refractivity contribution >= 4 is 11.9 Å². The van der Waals surface area contributed by atoms with Crippen molar-refractivity contribution in [3.63, 3.8) is 0 Å². The lowest BCUT2D eigenvalue weighted by atomic mass is 9.99. The third-order valence-corrected chi connectivity index (χ3v) is 3.45. The number of carbonyl (C=O) groups excluding carboxylic acids is 2. The Kier molecular flexibility index (Phi) is 6.32. The van der Waals surface area contributed by atoms with E-state index in [1.165, 1.54) is 0 Å². The van der Waals surface area contributed by atoms with E-state index < -0.39 is 6.03 Å². The number of imide groups is 1. The average molecular weight is 312 g/mol. The molecule has 2 aromatic rings. The zero-order valence-electron chi connectivity index (χ0n) is 13.2. The molecule has 5 heteroatoms. The molecule has 5 nitrogen and oxygen atoms in total. The first kappa shape index (κ1) is 16.7. The van der Waals surface area contributed by atoms with Crippen molar-refractivity contribution in [1.82, 2.24) is 10.6 Å². The molecule has 0 spiro atoms. The molecule has 0 bridgehead atoms. The number of quaternary nitrogens is 1. The van der Waals surface area contributed by atoms with Crippen LogP contribution in [0.4, 0.5) is 4.79 Å². The van der Waals surface area contributed by atoms with Crippen LogP contribution in [-0.4, -0.2) is 25.0 Å². The molecule has 0 saturated heterocycles. The second-order valence-corrected chi connectivity index (χ2v) is 5.15. The van der Waals surface area contributed by atoms with E-state index in [-0.39, 0.29) is 18.5 Å². The molecule has 3 amide bonds. The van der Waals surface area contributed by atoms with E-state index in [1.54, 1.807) is 6.92 Å². The highest BCUT2D eigenvalue weighted by Crippen LogP contribution is 2.17. The quantitative estimate of drug-likeness (QED) is 0.749. The molecule has 0 aliphatic heterocycles. The largest absolute Gasteiger partial charge is 0.338 e. The summed E-state index contributed by atoms with van der Waals surface area (Å²) in [6.45, 7) is 2.46. The van der Waals surface area contributed by atoms with Crippen molar-refractivity contribution in [2.45, 2.75) is 13.0 Å². The Morgan fingerprint density at radius 2 is 1.48 bits per heavy atom. The van der Waals surface area contributed by atoms with E-state index in [9.17, 15) is 9.59 Å². The van der Waals surface area contributed by atoms with Gasteiger partial charge in [-0.2, -0.15) is 0 Å². The molecule has 120 valence electrons. The van der Waals surface area contributed by atoms with Gasteiger partial charge in [0.05, 0.1) is 0 Å². The van der Waals surface area contributed by atoms with Gasteiger partial charge in [0.2, 0.25) is 0 Å². The maximum atomic E-state index is 11.9. The molecular weight excluding hydrogens is 290 g/mol. The van der Waals surface area contributed by atoms with Crippen LogP contribution in [0.2, 0.25) is 0 Å². The molecule has 0 saturated carbocycles. The van der Waals surface area contributed by atoms with Crippen molar-refractivity contribution in [2.24, 2.45) is 0 Å². The van der Waals surface area contributed by atoms with Gasteiger partial charge in [-0.05, 0) is 6.92 Å². The van der Waals surface area contributed by atoms with Crippen LogP contribution in [0.15, 0.2) is 60.7 Å². The second kappa shape index (κ2) is 8.70. The van der Waals surface area contributed by atoms with Crippen LogP contribution in [0, 0.1) is 0 Å². The van der Waals surface area contributed by atoms with Crippen molar-refractivity contribution in [1.29, 1.82) is 0 Å². The molecule has 4 N–H and O–H groups in total. The summed E-state index contributed by atoms with van der Waals surface area (Å²) in [5.41, 5.74) is 2.23. The normalized spacial score (nSPS) is 10.3. The Balaban J connectivity index is 2.05. The van der Waals surface area contributed by atoms with Crippen molar-refractivity contribution in [2.75, 3.05) is 13.1 Å². The van der Waals surface area contributed by atoms with Crippen LogP contribution >= 0.6 is 0 Å². The molecular formula is C18H22N3O2+. The average Bonchev–Trinajstić information content (AvgIpc) is 2.57. The highest BCUT2D eigenvalue weighted by molar-refractivity contribution is 5.94. The van der Waals surface area contributed by atoms with Crippen LogP contribution < -0.4 is 16.0 Å². The van der Waals surface area contributed by atoms with Crippen LogP contribution in [-0.2, 0) is 4.79 Å². The lowest BCUT2D eigenvalue weighted by Crippen LogP contribution is -2.88. The summed E-state index contributed by atoms with van der Waals surface area (Å²) in [7, 11) is 0. The standard InChI is InChI=1S/C18H21N3O2/c1-2-19-18(23)21-16(22)13-20-17(14-9-5-3-6-10-14)15-11-7-4-8-12-15/h3-12,17,20H,2,13H2,1H3,(H2,19,21,22,23)/p+1. The zero-order valence-corrected chi connectivity index (χ0v) is 13.2. The molecule has 0 radical (unpaired) electrons. The van der Waals surface area contributed by atoms with Gasteiger partial charge in [-0.1, -0.05) is 60.7 Å². The number of hydrogen-bond donors (Lipinski definition) is 3. The van der Waals surface area contributed by atoms with Gasteiger partial charge in [-0.25, -0.2) is 4.79 Å². The smallest absolute Gasteiger partial charge is 0.321 e. The highest BCUT2D eigenvalue weighted by atomic mass is 16.2. The Bertz CT molecular complexity index is 590. The van der Waals surface area contributed by atoms with Gasteiger partial charge in [0.15, 0.2) is 6.54 Å². The van der Waals surface area contributed by atoms with Gasteiger partial charge in [-0.15, -0.1) is 0 Å². The van der Waals surface area contributed by atoms with E-state index in [4.69, 9.17) is 0 Å². The van der Waals surface area contributed by atoms with Crippen LogP contribution in [0.5, 0.6) is 0 Å². The number of amides is 3. The lowest BCUT2D eigenvalue weighted by molar-refractivity contribution is -0.676. The zero-order chi connectivity index (χ0) is 16.5. The third kappa shape index (κ3) is 5.23. The van der Waals surface area contributed by atoms with Crippen LogP contribution in [0.3, 0.4) is 0 Å². The fraction of sp³-hybridized carbons (Fsp3) is 0.222. The number of nitrogens with one attached hydrogen (secondary N) is 2. The SMILES string of the molecule is CCNC(=O)NC(=O)C[NH2+]C(c1ccccc1)c1ccccc1. The molecule has 0 aliphatic rings. The molecule has 0 aromatic heterocycles. The number of carbonyl (C=O) groups is 2. The van der Waals surface area contributed by atoms with E-state index in [0.29, 0.717) is 6.54 Å². The van der Waals surface area contributed by atoms with Gasteiger partial charge < -0.3 is 10.6 Å². The maximum absolute atomic E-state index is 11.9. The molecule has 0 unspecified atom stereocenters. The number of urea groups is 1. The molecule has 0 fully saturated rings. The molecule has 0 aliphatic carbocycles. The number of hydrogen-bond acceptors (Lipinski definition) is 2. The Hall–Kier alpha value is -2.66. The van der Waals surface area contributed by atoms with Gasteiger partial charge in [0, 0.05) is 17.7 Å². The summed E-state index contributed by atoms with van der Waals surface area (Å²) < 4.78 is 0. The third-order valence-electron chi connectivity index (χ3n) is 3.45. The van der Waals surface area contributed by atoms with Crippen molar-refractivity contribution in [3.05, 3.63) is 71.8 Å². The lowest BCUT2D eigenvalue weighted by Gasteiger charge is -2.16. The molecule has 2 rings (SSSR count). The maximum Gasteiger partial charge on any atom is 0.321 e. The molecule has 23 heavy (non-hydrogen) atoms. The summed E-state index contributed by atoms with van der Waals surface area (Å²) in [6.07, 6.45) is 0. The minimum atomic E-state index is -0.457. The van der Waals surface area contributed by atoms with E-state index in [0.717, 1.165) is 11.1 Å². The van der Waals surface area contributed by atoms with E-state index >= 15 is 0 Å². The topological polar surface area (TPSA) is 74.8 Å². The fourth-order valence-corrected chi connectivity index (χ4v) is 2.39. The summed E-state index contributed by atoms with van der Waals surface area (Å²) >= 11 is 0. The first-order chi connectivity index (χ1) is 11.2. The van der Waals surface area contributed by atoms with Crippen molar-refractivity contribution < 1.29 is 14.9 Å². The predicted molar refractivity (Wildman–Crippen MR) is 88.7 cm³/mol. The highest BCUT2D eigenvalue weighted by Gasteiger charge is 2.19. The number of benzene rings is 2. The van der Waals surface area contributed by atoms with Gasteiger partial charge in [-0.3, -0.25) is 10.1 Å². The van der Waals surface area contributed by atoms with E-state index in [2.05, 4.69) is 10.6 Å². The fourth-order valence-electron chi connectivity index (χ4n) is 2.39. The summed E-state index contributed by atoms with van der Waals surface area (Å²) in [6, 6.07) is 19.6. The Morgan fingerprint density at radius 1 is 0.957 bits per heavy atom. The van der Waals surface area contributed by atoms with Crippen LogP contribution in [0.1, 0.15) is 24.1 Å². The summed E-state index contributed by atoms with van der Waals surface area (Å²) in [5, 5.41) is 6.79. The first-order valence-electron chi connectivity index (χ1n) is 7.71. The predicted octanol–water partition coefficient (Wildman–Crippen LogP) is 1.19. The number of nitrogens with two attached hydrogens (primary N) is 1.